The largest absolute Gasteiger partial charge is 0.479 e. The lowest BCUT2D eigenvalue weighted by molar-refractivity contribution is 0.360. The highest BCUT2D eigenvalue weighted by molar-refractivity contribution is 5.21. The van der Waals surface area contributed by atoms with E-state index in [1.165, 1.54) is 7.11 Å². The normalized spacial score (nSPS) is 10.7. The van der Waals surface area contributed by atoms with E-state index in [2.05, 4.69) is 9.97 Å². The molecule has 0 spiro atoms. The van der Waals surface area contributed by atoms with Crippen LogP contribution in [0.2, 0.25) is 0 Å². The van der Waals surface area contributed by atoms with Gasteiger partial charge in [0.25, 0.3) is 5.88 Å². The monoisotopic (exact) mass is 199 g/mol. The molecular weight excluding hydrogens is 185 g/mol. The van der Waals surface area contributed by atoms with Gasteiger partial charge in [-0.3, -0.25) is 0 Å². The van der Waals surface area contributed by atoms with Gasteiger partial charge in [0.15, 0.2) is 0 Å². The van der Waals surface area contributed by atoms with Crippen LogP contribution in [0.5, 0.6) is 5.88 Å². The number of nitrogens with zero attached hydrogens (tertiary/aromatic N) is 2. The summed E-state index contributed by atoms with van der Waals surface area (Å²) in [6, 6.07) is 0. The second kappa shape index (κ2) is 4.32. The van der Waals surface area contributed by atoms with Gasteiger partial charge in [-0.05, 0) is 5.92 Å². The topological polar surface area (TPSA) is 61.0 Å². The predicted molar refractivity (Wildman–Crippen MR) is 50.5 cm³/mol. The van der Waals surface area contributed by atoms with Gasteiger partial charge in [0.2, 0.25) is 5.82 Å². The number of nitrogens with two attached hydrogens (primary N) is 1. The van der Waals surface area contributed by atoms with Crippen LogP contribution in [0, 0.1) is 5.82 Å². The third-order valence-electron chi connectivity index (χ3n) is 1.82. The Morgan fingerprint density at radius 2 is 2.07 bits per heavy atom. The van der Waals surface area contributed by atoms with Crippen molar-refractivity contribution in [3.8, 4) is 5.88 Å². The summed E-state index contributed by atoms with van der Waals surface area (Å²) < 4.78 is 18.3. The molecule has 0 amide bonds. The van der Waals surface area contributed by atoms with Gasteiger partial charge in [-0.25, -0.2) is 4.98 Å². The molecule has 0 atom stereocenters. The third-order valence-corrected chi connectivity index (χ3v) is 1.82. The fraction of sp³-hybridized carbons (Fsp3) is 0.556. The summed E-state index contributed by atoms with van der Waals surface area (Å²) in [6.45, 7) is 3.88. The van der Waals surface area contributed by atoms with E-state index in [0.29, 0.717) is 11.5 Å². The molecule has 1 rings (SSSR count). The molecular formula is C9H14FN3O. The Morgan fingerprint density at radius 3 is 2.50 bits per heavy atom. The third kappa shape index (κ3) is 1.98. The van der Waals surface area contributed by atoms with Crippen molar-refractivity contribution < 1.29 is 9.13 Å². The molecule has 0 aliphatic carbocycles. The van der Waals surface area contributed by atoms with Crippen molar-refractivity contribution in [1.82, 2.24) is 9.97 Å². The zero-order valence-electron chi connectivity index (χ0n) is 8.54. The van der Waals surface area contributed by atoms with Crippen LogP contribution in [-0.2, 0) is 6.54 Å². The number of hydrogen-bond acceptors (Lipinski definition) is 4. The van der Waals surface area contributed by atoms with E-state index in [9.17, 15) is 4.39 Å². The molecule has 78 valence electrons. The number of ether oxygens (including phenoxy) is 1. The average Bonchev–Trinajstić information content (AvgIpc) is 2.17. The molecule has 14 heavy (non-hydrogen) atoms. The SMILES string of the molecule is COc1nc(CN)nc(C(C)C)c1F. The van der Waals surface area contributed by atoms with E-state index in [1.807, 2.05) is 13.8 Å². The van der Waals surface area contributed by atoms with Crippen molar-refractivity contribution in [3.63, 3.8) is 0 Å². The number of halogens is 1. The quantitative estimate of drug-likeness (QED) is 0.794. The van der Waals surface area contributed by atoms with Crippen LogP contribution in [-0.4, -0.2) is 17.1 Å². The minimum absolute atomic E-state index is 0.0165. The highest BCUT2D eigenvalue weighted by Gasteiger charge is 2.16. The van der Waals surface area contributed by atoms with E-state index in [-0.39, 0.29) is 18.3 Å². The molecule has 0 saturated carbocycles. The van der Waals surface area contributed by atoms with Gasteiger partial charge < -0.3 is 10.5 Å². The Morgan fingerprint density at radius 1 is 1.43 bits per heavy atom. The maximum Gasteiger partial charge on any atom is 0.253 e. The van der Waals surface area contributed by atoms with Crippen LogP contribution in [0.15, 0.2) is 0 Å². The molecule has 0 aliphatic heterocycles. The summed E-state index contributed by atoms with van der Waals surface area (Å²) in [5, 5.41) is 0. The van der Waals surface area contributed by atoms with E-state index < -0.39 is 5.82 Å². The van der Waals surface area contributed by atoms with Crippen molar-refractivity contribution >= 4 is 0 Å². The Labute approximate surface area is 82.3 Å². The van der Waals surface area contributed by atoms with E-state index in [4.69, 9.17) is 10.5 Å². The lowest BCUT2D eigenvalue weighted by Gasteiger charge is -2.10. The Hall–Kier alpha value is -1.23. The first-order valence-electron chi connectivity index (χ1n) is 4.40. The molecule has 4 nitrogen and oxygen atoms in total. The van der Waals surface area contributed by atoms with Crippen molar-refractivity contribution in [1.29, 1.82) is 0 Å². The second-order valence-electron chi connectivity index (χ2n) is 3.21. The van der Waals surface area contributed by atoms with E-state index in [1.54, 1.807) is 0 Å². The molecule has 0 aromatic carbocycles. The number of methoxy groups -OCH3 is 1. The first-order valence-corrected chi connectivity index (χ1v) is 4.40. The van der Waals surface area contributed by atoms with E-state index >= 15 is 0 Å². The van der Waals surface area contributed by atoms with Crippen LogP contribution in [0.3, 0.4) is 0 Å². The number of rotatable bonds is 3. The maximum atomic E-state index is 13.5. The van der Waals surface area contributed by atoms with Crippen LogP contribution in [0.25, 0.3) is 0 Å². The summed E-state index contributed by atoms with van der Waals surface area (Å²) in [5.74, 6) is -0.159. The molecule has 0 bridgehead atoms. The summed E-state index contributed by atoms with van der Waals surface area (Å²) in [4.78, 5) is 7.83. The van der Waals surface area contributed by atoms with Gasteiger partial charge in [0.1, 0.15) is 5.82 Å². The number of aromatic nitrogens is 2. The van der Waals surface area contributed by atoms with Crippen LogP contribution >= 0.6 is 0 Å². The van der Waals surface area contributed by atoms with Crippen LogP contribution in [0.1, 0.15) is 31.3 Å². The van der Waals surface area contributed by atoms with Crippen molar-refractivity contribution in [2.75, 3.05) is 7.11 Å². The number of hydrogen-bond donors (Lipinski definition) is 1. The summed E-state index contributed by atoms with van der Waals surface area (Å²) in [5.41, 5.74) is 5.73. The lowest BCUT2D eigenvalue weighted by atomic mass is 10.1. The van der Waals surface area contributed by atoms with Crippen LogP contribution in [0.4, 0.5) is 4.39 Å². The molecule has 1 aromatic heterocycles. The highest BCUT2D eigenvalue weighted by atomic mass is 19.1. The highest BCUT2D eigenvalue weighted by Crippen LogP contribution is 2.22. The molecule has 0 saturated heterocycles. The summed E-state index contributed by atoms with van der Waals surface area (Å²) in [7, 11) is 1.37. The van der Waals surface area contributed by atoms with Gasteiger partial charge in [-0.2, -0.15) is 9.37 Å². The lowest BCUT2D eigenvalue weighted by Crippen LogP contribution is -2.10. The molecule has 1 heterocycles. The molecule has 5 heteroatoms. The second-order valence-corrected chi connectivity index (χ2v) is 3.21. The Balaban J connectivity index is 3.27. The van der Waals surface area contributed by atoms with Gasteiger partial charge in [-0.15, -0.1) is 0 Å². The van der Waals surface area contributed by atoms with Gasteiger partial charge >= 0.3 is 0 Å². The fourth-order valence-electron chi connectivity index (χ4n) is 1.10. The standard InChI is InChI=1S/C9H14FN3O/c1-5(2)8-7(10)9(14-3)13-6(4-11)12-8/h5H,4,11H2,1-3H3. The minimum atomic E-state index is -0.500. The molecule has 1 aromatic rings. The van der Waals surface area contributed by atoms with Gasteiger partial charge in [-0.1, -0.05) is 13.8 Å². The minimum Gasteiger partial charge on any atom is -0.479 e. The fourth-order valence-corrected chi connectivity index (χ4v) is 1.10. The van der Waals surface area contributed by atoms with Crippen molar-refractivity contribution in [3.05, 3.63) is 17.3 Å². The van der Waals surface area contributed by atoms with Crippen molar-refractivity contribution in [2.24, 2.45) is 5.73 Å². The van der Waals surface area contributed by atoms with Gasteiger partial charge in [0.05, 0.1) is 19.3 Å². The zero-order chi connectivity index (χ0) is 10.7. The molecule has 0 aliphatic rings. The average molecular weight is 199 g/mol. The van der Waals surface area contributed by atoms with Crippen molar-refractivity contribution in [2.45, 2.75) is 26.3 Å². The smallest absolute Gasteiger partial charge is 0.253 e. The van der Waals surface area contributed by atoms with Gasteiger partial charge in [0, 0.05) is 0 Å². The molecule has 2 N–H and O–H groups in total. The van der Waals surface area contributed by atoms with E-state index in [0.717, 1.165) is 0 Å². The van der Waals surface area contributed by atoms with Crippen LogP contribution < -0.4 is 10.5 Å². The first kappa shape index (κ1) is 10.8. The zero-order valence-corrected chi connectivity index (χ0v) is 8.54. The summed E-state index contributed by atoms with van der Waals surface area (Å²) >= 11 is 0. The molecule has 0 fully saturated rings. The molecule has 0 unspecified atom stereocenters. The Kier molecular flexibility index (Phi) is 3.35. The Bertz CT molecular complexity index is 328. The maximum absolute atomic E-state index is 13.5. The first-order chi connectivity index (χ1) is 6.60. The summed E-state index contributed by atoms with van der Waals surface area (Å²) in [6.07, 6.45) is 0. The predicted octanol–water partition coefficient (Wildman–Crippen LogP) is 1.21. The molecule has 0 radical (unpaired) electrons.